The van der Waals surface area contributed by atoms with Gasteiger partial charge in [0.15, 0.2) is 0 Å². The summed E-state index contributed by atoms with van der Waals surface area (Å²) in [6.45, 7) is 1.76. The first-order valence-electron chi connectivity index (χ1n) is 9.09. The Morgan fingerprint density at radius 3 is 2.43 bits per heavy atom. The standard InChI is InChI=1S/C19H19F4N3O3S/c1-12-4-7-24-17(10-12)25-18(27)13-5-8-26(9-6-13)30(28,29)14-2-3-16(20)15(11-14)19(21,22)23/h2-4,7,10-11,13H,5-6,8-9H2,1H3,(H,24,25,27). The number of anilines is 1. The van der Waals surface area contributed by atoms with Crippen LogP contribution in [0.15, 0.2) is 41.4 Å². The van der Waals surface area contributed by atoms with E-state index in [1.54, 1.807) is 18.3 Å². The van der Waals surface area contributed by atoms with E-state index in [0.29, 0.717) is 18.0 Å². The van der Waals surface area contributed by atoms with Gasteiger partial charge in [0.25, 0.3) is 0 Å². The molecule has 0 aliphatic carbocycles. The number of rotatable bonds is 4. The second-order valence-corrected chi connectivity index (χ2v) is 8.96. The summed E-state index contributed by atoms with van der Waals surface area (Å²) in [5.41, 5.74) is -0.720. The molecule has 2 aromatic rings. The van der Waals surface area contributed by atoms with Crippen LogP contribution in [0.1, 0.15) is 24.0 Å². The zero-order valence-corrected chi connectivity index (χ0v) is 16.7. The molecule has 1 aliphatic rings. The monoisotopic (exact) mass is 445 g/mol. The number of aromatic nitrogens is 1. The number of carbonyl (C=O) groups excluding carboxylic acids is 1. The number of alkyl halides is 3. The van der Waals surface area contributed by atoms with E-state index in [-0.39, 0.29) is 31.8 Å². The summed E-state index contributed by atoms with van der Waals surface area (Å²) in [6.07, 6.45) is -3.06. The van der Waals surface area contributed by atoms with Gasteiger partial charge in [-0.05, 0) is 55.7 Å². The Hall–Kier alpha value is -2.53. The Kier molecular flexibility index (Phi) is 6.14. The molecule has 1 aromatic heterocycles. The number of hydrogen-bond donors (Lipinski definition) is 1. The van der Waals surface area contributed by atoms with Gasteiger partial charge in [0.2, 0.25) is 15.9 Å². The highest BCUT2D eigenvalue weighted by atomic mass is 32.2. The molecule has 1 saturated heterocycles. The van der Waals surface area contributed by atoms with Crippen molar-refractivity contribution in [1.29, 1.82) is 0 Å². The van der Waals surface area contributed by atoms with Gasteiger partial charge in [-0.3, -0.25) is 4.79 Å². The quantitative estimate of drug-likeness (QED) is 0.730. The van der Waals surface area contributed by atoms with E-state index in [4.69, 9.17) is 0 Å². The summed E-state index contributed by atoms with van der Waals surface area (Å²) >= 11 is 0. The van der Waals surface area contributed by atoms with Crippen LogP contribution in [0, 0.1) is 18.7 Å². The first kappa shape index (κ1) is 22.2. The van der Waals surface area contributed by atoms with E-state index in [2.05, 4.69) is 10.3 Å². The third-order valence-corrected chi connectivity index (χ3v) is 6.77. The highest BCUT2D eigenvalue weighted by Gasteiger charge is 2.37. The van der Waals surface area contributed by atoms with Crippen molar-refractivity contribution >= 4 is 21.7 Å². The Morgan fingerprint density at radius 1 is 1.17 bits per heavy atom. The molecule has 0 spiro atoms. The third-order valence-electron chi connectivity index (χ3n) is 4.87. The molecule has 0 bridgehead atoms. The minimum atomic E-state index is -5.01. The third kappa shape index (κ3) is 4.78. The fourth-order valence-electron chi connectivity index (χ4n) is 3.22. The van der Waals surface area contributed by atoms with Crippen LogP contribution in [0.2, 0.25) is 0 Å². The van der Waals surface area contributed by atoms with Crippen molar-refractivity contribution in [2.24, 2.45) is 5.92 Å². The molecule has 1 aromatic carbocycles. The van der Waals surface area contributed by atoms with Gasteiger partial charge >= 0.3 is 6.18 Å². The molecule has 0 unspecified atom stereocenters. The lowest BCUT2D eigenvalue weighted by Gasteiger charge is -2.30. The molecule has 30 heavy (non-hydrogen) atoms. The van der Waals surface area contributed by atoms with Crippen LogP contribution in [0.4, 0.5) is 23.4 Å². The summed E-state index contributed by atoms with van der Waals surface area (Å²) in [4.78, 5) is 15.8. The summed E-state index contributed by atoms with van der Waals surface area (Å²) < 4.78 is 78.6. The number of nitrogens with one attached hydrogen (secondary N) is 1. The molecule has 1 N–H and O–H groups in total. The van der Waals surface area contributed by atoms with Crippen molar-refractivity contribution in [1.82, 2.24) is 9.29 Å². The average Bonchev–Trinajstić information content (AvgIpc) is 2.67. The topological polar surface area (TPSA) is 79.4 Å². The molecule has 3 rings (SSSR count). The molecule has 2 heterocycles. The van der Waals surface area contributed by atoms with Crippen molar-refractivity contribution < 1.29 is 30.8 Å². The van der Waals surface area contributed by atoms with Crippen LogP contribution >= 0.6 is 0 Å². The molecule has 11 heteroatoms. The van der Waals surface area contributed by atoms with Crippen molar-refractivity contribution in [3.05, 3.63) is 53.5 Å². The summed E-state index contributed by atoms with van der Waals surface area (Å²) in [5, 5.41) is 2.68. The fraction of sp³-hybridized carbons (Fsp3) is 0.368. The molecule has 0 atom stereocenters. The largest absolute Gasteiger partial charge is 0.419 e. The molecule has 0 saturated carbocycles. The van der Waals surface area contributed by atoms with Crippen molar-refractivity contribution in [3.8, 4) is 0 Å². The molecule has 1 fully saturated rings. The molecular weight excluding hydrogens is 426 g/mol. The molecular formula is C19H19F4N3O3S. The number of carbonyl (C=O) groups is 1. The molecule has 6 nitrogen and oxygen atoms in total. The highest BCUT2D eigenvalue weighted by Crippen LogP contribution is 2.34. The number of piperidine rings is 1. The van der Waals surface area contributed by atoms with Crippen molar-refractivity contribution in [2.45, 2.75) is 30.8 Å². The summed E-state index contributed by atoms with van der Waals surface area (Å²) in [7, 11) is -4.25. The minimum absolute atomic E-state index is 0.0413. The minimum Gasteiger partial charge on any atom is -0.310 e. The van der Waals surface area contributed by atoms with Gasteiger partial charge in [0, 0.05) is 25.2 Å². The van der Waals surface area contributed by atoms with Crippen LogP contribution in [0.25, 0.3) is 0 Å². The number of nitrogens with zero attached hydrogens (tertiary/aromatic N) is 2. The molecule has 1 amide bonds. The Labute approximate surface area is 171 Å². The van der Waals surface area contributed by atoms with E-state index in [0.717, 1.165) is 15.9 Å². The van der Waals surface area contributed by atoms with Crippen molar-refractivity contribution in [2.75, 3.05) is 18.4 Å². The van der Waals surface area contributed by atoms with Gasteiger partial charge in [-0.2, -0.15) is 17.5 Å². The zero-order valence-electron chi connectivity index (χ0n) is 15.9. The van der Waals surface area contributed by atoms with Crippen LogP contribution in [-0.4, -0.2) is 36.7 Å². The summed E-state index contributed by atoms with van der Waals surface area (Å²) in [5.74, 6) is -1.91. The number of halogens is 4. The number of hydrogen-bond acceptors (Lipinski definition) is 4. The maximum atomic E-state index is 13.5. The molecule has 1 aliphatic heterocycles. The lowest BCUT2D eigenvalue weighted by molar-refractivity contribution is -0.140. The van der Waals surface area contributed by atoms with Gasteiger partial charge in [-0.1, -0.05) is 0 Å². The average molecular weight is 445 g/mol. The van der Waals surface area contributed by atoms with E-state index in [9.17, 15) is 30.8 Å². The summed E-state index contributed by atoms with van der Waals surface area (Å²) in [6, 6.07) is 5.07. The lowest BCUT2D eigenvalue weighted by Crippen LogP contribution is -2.41. The maximum Gasteiger partial charge on any atom is 0.419 e. The number of sulfonamides is 1. The van der Waals surface area contributed by atoms with Crippen LogP contribution < -0.4 is 5.32 Å². The molecule has 162 valence electrons. The predicted octanol–water partition coefficient (Wildman–Crippen LogP) is 3.59. The number of benzene rings is 1. The normalized spacial score (nSPS) is 16.4. The van der Waals surface area contributed by atoms with E-state index < -0.39 is 38.4 Å². The van der Waals surface area contributed by atoms with Crippen molar-refractivity contribution in [3.63, 3.8) is 0 Å². The smallest absolute Gasteiger partial charge is 0.310 e. The van der Waals surface area contributed by atoms with Gasteiger partial charge in [-0.15, -0.1) is 0 Å². The van der Waals surface area contributed by atoms with Crippen LogP contribution in [0.3, 0.4) is 0 Å². The van der Waals surface area contributed by atoms with E-state index in [1.807, 2.05) is 6.92 Å². The zero-order chi connectivity index (χ0) is 22.1. The Morgan fingerprint density at radius 2 is 1.83 bits per heavy atom. The number of pyridine rings is 1. The van der Waals surface area contributed by atoms with Gasteiger partial charge in [0.05, 0.1) is 10.5 Å². The van der Waals surface area contributed by atoms with Gasteiger partial charge in [-0.25, -0.2) is 17.8 Å². The Bertz CT molecular complexity index is 1050. The number of amides is 1. The highest BCUT2D eigenvalue weighted by molar-refractivity contribution is 7.89. The Balaban J connectivity index is 1.69. The fourth-order valence-corrected chi connectivity index (χ4v) is 4.72. The van der Waals surface area contributed by atoms with E-state index >= 15 is 0 Å². The second-order valence-electron chi connectivity index (χ2n) is 7.03. The van der Waals surface area contributed by atoms with Gasteiger partial charge < -0.3 is 5.32 Å². The lowest BCUT2D eigenvalue weighted by atomic mass is 9.97. The van der Waals surface area contributed by atoms with E-state index in [1.165, 1.54) is 0 Å². The maximum absolute atomic E-state index is 13.5. The van der Waals surface area contributed by atoms with Crippen LogP contribution in [-0.2, 0) is 21.0 Å². The van der Waals surface area contributed by atoms with Gasteiger partial charge in [0.1, 0.15) is 11.6 Å². The van der Waals surface area contributed by atoms with Crippen LogP contribution in [0.5, 0.6) is 0 Å². The SMILES string of the molecule is Cc1ccnc(NC(=O)C2CCN(S(=O)(=O)c3ccc(F)c(C(F)(F)F)c3)CC2)c1. The first-order valence-corrected chi connectivity index (χ1v) is 10.5. The first-order chi connectivity index (χ1) is 14.0. The molecule has 0 radical (unpaired) electrons. The second kappa shape index (κ2) is 8.31. The number of aryl methyl sites for hydroxylation is 1. The predicted molar refractivity (Wildman–Crippen MR) is 100 cm³/mol.